The molecule has 0 saturated carbocycles. The number of carbonyl (C=O) groups is 1. The standard InChI is InChI=1S/C17H17BrN2O/c1-11-6-7-16(14(18)8-11)20-17(21)13-9-12-4-2-3-5-15(12)19-10-13/h2-8,13,19H,9-10H2,1H3,(H,20,21). The monoisotopic (exact) mass is 344 g/mol. The van der Waals surface area contributed by atoms with Gasteiger partial charge in [0.15, 0.2) is 0 Å². The van der Waals surface area contributed by atoms with Crippen molar-refractivity contribution >= 4 is 33.2 Å². The maximum Gasteiger partial charge on any atom is 0.229 e. The van der Waals surface area contributed by atoms with E-state index >= 15 is 0 Å². The van der Waals surface area contributed by atoms with E-state index in [0.717, 1.165) is 27.8 Å². The van der Waals surface area contributed by atoms with Gasteiger partial charge in [-0.15, -0.1) is 0 Å². The molecule has 2 aromatic rings. The number of hydrogen-bond acceptors (Lipinski definition) is 2. The maximum absolute atomic E-state index is 12.4. The van der Waals surface area contributed by atoms with Gasteiger partial charge in [-0.3, -0.25) is 4.79 Å². The van der Waals surface area contributed by atoms with E-state index in [2.05, 4.69) is 38.7 Å². The topological polar surface area (TPSA) is 41.1 Å². The zero-order chi connectivity index (χ0) is 14.8. The van der Waals surface area contributed by atoms with Crippen LogP contribution in [0, 0.1) is 12.8 Å². The molecule has 2 N–H and O–H groups in total. The van der Waals surface area contributed by atoms with Crippen LogP contribution in [0.1, 0.15) is 11.1 Å². The van der Waals surface area contributed by atoms with Crippen LogP contribution in [-0.2, 0) is 11.2 Å². The summed E-state index contributed by atoms with van der Waals surface area (Å²) in [6.45, 7) is 2.70. The van der Waals surface area contributed by atoms with Crippen LogP contribution < -0.4 is 10.6 Å². The van der Waals surface area contributed by atoms with Gasteiger partial charge in [-0.2, -0.15) is 0 Å². The number of fused-ring (bicyclic) bond motifs is 1. The molecule has 1 aliphatic heterocycles. The van der Waals surface area contributed by atoms with Crippen LogP contribution in [0.2, 0.25) is 0 Å². The number of hydrogen-bond donors (Lipinski definition) is 2. The molecule has 1 unspecified atom stereocenters. The highest BCUT2D eigenvalue weighted by Gasteiger charge is 2.24. The highest BCUT2D eigenvalue weighted by atomic mass is 79.9. The van der Waals surface area contributed by atoms with E-state index in [4.69, 9.17) is 0 Å². The first-order valence-electron chi connectivity index (χ1n) is 7.02. The molecule has 3 rings (SSSR count). The Hall–Kier alpha value is -1.81. The normalized spacial score (nSPS) is 16.8. The Balaban J connectivity index is 1.72. The summed E-state index contributed by atoms with van der Waals surface area (Å²) in [5, 5.41) is 6.34. The minimum Gasteiger partial charge on any atom is -0.384 e. The van der Waals surface area contributed by atoms with E-state index in [9.17, 15) is 4.79 Å². The average molecular weight is 345 g/mol. The predicted octanol–water partition coefficient (Wildman–Crippen LogP) is 3.98. The van der Waals surface area contributed by atoms with Gasteiger partial charge in [0.25, 0.3) is 0 Å². The van der Waals surface area contributed by atoms with Gasteiger partial charge in [-0.25, -0.2) is 0 Å². The quantitative estimate of drug-likeness (QED) is 0.864. The molecule has 1 heterocycles. The lowest BCUT2D eigenvalue weighted by Gasteiger charge is -2.25. The molecule has 0 saturated heterocycles. The fourth-order valence-electron chi connectivity index (χ4n) is 2.58. The Morgan fingerprint density at radius 2 is 2.10 bits per heavy atom. The van der Waals surface area contributed by atoms with Crippen LogP contribution >= 0.6 is 15.9 Å². The van der Waals surface area contributed by atoms with Crippen LogP contribution in [0.5, 0.6) is 0 Å². The third-order valence-electron chi connectivity index (χ3n) is 3.78. The minimum absolute atomic E-state index is 0.0481. The first-order chi connectivity index (χ1) is 10.1. The van der Waals surface area contributed by atoms with Crippen LogP contribution in [0.3, 0.4) is 0 Å². The number of carbonyl (C=O) groups excluding carboxylic acids is 1. The number of rotatable bonds is 2. The smallest absolute Gasteiger partial charge is 0.229 e. The summed E-state index contributed by atoms with van der Waals surface area (Å²) in [7, 11) is 0. The molecule has 0 spiro atoms. The summed E-state index contributed by atoms with van der Waals surface area (Å²) < 4.78 is 0.917. The van der Waals surface area contributed by atoms with E-state index < -0.39 is 0 Å². The highest BCUT2D eigenvalue weighted by molar-refractivity contribution is 9.10. The lowest BCUT2D eigenvalue weighted by Crippen LogP contribution is -2.33. The molecule has 21 heavy (non-hydrogen) atoms. The van der Waals surface area contributed by atoms with E-state index in [1.165, 1.54) is 5.56 Å². The van der Waals surface area contributed by atoms with Gasteiger partial charge in [0.1, 0.15) is 0 Å². The third-order valence-corrected chi connectivity index (χ3v) is 4.43. The number of halogens is 1. The van der Waals surface area contributed by atoms with E-state index in [1.54, 1.807) is 0 Å². The maximum atomic E-state index is 12.4. The number of nitrogens with one attached hydrogen (secondary N) is 2. The molecular formula is C17H17BrN2O. The van der Waals surface area contributed by atoms with Crippen molar-refractivity contribution in [3.05, 3.63) is 58.1 Å². The van der Waals surface area contributed by atoms with Crippen molar-refractivity contribution in [2.24, 2.45) is 5.92 Å². The number of amides is 1. The molecule has 0 radical (unpaired) electrons. The van der Waals surface area contributed by atoms with Gasteiger partial charge < -0.3 is 10.6 Å². The molecule has 1 atom stereocenters. The van der Waals surface area contributed by atoms with Crippen molar-refractivity contribution < 1.29 is 4.79 Å². The fourth-order valence-corrected chi connectivity index (χ4v) is 3.18. The summed E-state index contributed by atoms with van der Waals surface area (Å²) >= 11 is 3.50. The van der Waals surface area contributed by atoms with Crippen LogP contribution in [-0.4, -0.2) is 12.5 Å². The molecule has 2 aromatic carbocycles. The minimum atomic E-state index is -0.0481. The molecular weight excluding hydrogens is 328 g/mol. The van der Waals surface area contributed by atoms with Gasteiger partial charge in [-0.05, 0) is 58.6 Å². The molecule has 0 bridgehead atoms. The summed E-state index contributed by atoms with van der Waals surface area (Å²) in [5.41, 5.74) is 4.32. The largest absolute Gasteiger partial charge is 0.384 e. The molecule has 1 amide bonds. The molecule has 3 nitrogen and oxygen atoms in total. The molecule has 0 aromatic heterocycles. The third kappa shape index (κ3) is 3.10. The van der Waals surface area contributed by atoms with Crippen molar-refractivity contribution in [2.75, 3.05) is 17.2 Å². The molecule has 1 aliphatic rings. The number of benzene rings is 2. The number of aryl methyl sites for hydroxylation is 1. The second-order valence-electron chi connectivity index (χ2n) is 5.41. The SMILES string of the molecule is Cc1ccc(NC(=O)C2CNc3ccccc3C2)c(Br)c1. The van der Waals surface area contributed by atoms with Gasteiger partial charge in [0.2, 0.25) is 5.91 Å². The Bertz CT molecular complexity index is 684. The van der Waals surface area contributed by atoms with Crippen LogP contribution in [0.4, 0.5) is 11.4 Å². The van der Waals surface area contributed by atoms with Crippen LogP contribution in [0.15, 0.2) is 46.9 Å². The van der Waals surface area contributed by atoms with Crippen molar-refractivity contribution in [1.82, 2.24) is 0 Å². The van der Waals surface area contributed by atoms with E-state index in [1.807, 2.05) is 37.3 Å². The highest BCUT2D eigenvalue weighted by Crippen LogP contribution is 2.27. The van der Waals surface area contributed by atoms with Gasteiger partial charge >= 0.3 is 0 Å². The summed E-state index contributed by atoms with van der Waals surface area (Å²) in [4.78, 5) is 12.4. The molecule has 108 valence electrons. The van der Waals surface area contributed by atoms with Crippen molar-refractivity contribution in [3.8, 4) is 0 Å². The summed E-state index contributed by atoms with van der Waals surface area (Å²) in [5.74, 6) is 0.00894. The van der Waals surface area contributed by atoms with Crippen molar-refractivity contribution in [3.63, 3.8) is 0 Å². The molecule has 0 aliphatic carbocycles. The Morgan fingerprint density at radius 3 is 2.90 bits per heavy atom. The Labute approximate surface area is 132 Å². The van der Waals surface area contributed by atoms with Crippen LogP contribution in [0.25, 0.3) is 0 Å². The van der Waals surface area contributed by atoms with Gasteiger partial charge in [0.05, 0.1) is 11.6 Å². The predicted molar refractivity (Wildman–Crippen MR) is 89.6 cm³/mol. The number of anilines is 2. The lowest BCUT2D eigenvalue weighted by molar-refractivity contribution is -0.119. The second kappa shape index (κ2) is 5.90. The first kappa shape index (κ1) is 14.1. The van der Waals surface area contributed by atoms with Crippen molar-refractivity contribution in [2.45, 2.75) is 13.3 Å². The van der Waals surface area contributed by atoms with Gasteiger partial charge in [-0.1, -0.05) is 24.3 Å². The fraction of sp³-hybridized carbons (Fsp3) is 0.235. The van der Waals surface area contributed by atoms with E-state index in [-0.39, 0.29) is 11.8 Å². The van der Waals surface area contributed by atoms with Crippen molar-refractivity contribution in [1.29, 1.82) is 0 Å². The van der Waals surface area contributed by atoms with E-state index in [0.29, 0.717) is 6.54 Å². The zero-order valence-corrected chi connectivity index (χ0v) is 13.4. The Morgan fingerprint density at radius 1 is 1.29 bits per heavy atom. The summed E-state index contributed by atoms with van der Waals surface area (Å²) in [6.07, 6.45) is 0.776. The Kier molecular flexibility index (Phi) is 3.97. The molecule has 4 heteroatoms. The van der Waals surface area contributed by atoms with Gasteiger partial charge in [0, 0.05) is 16.7 Å². The lowest BCUT2D eigenvalue weighted by atomic mass is 9.93. The zero-order valence-electron chi connectivity index (χ0n) is 11.8. The summed E-state index contributed by atoms with van der Waals surface area (Å²) in [6, 6.07) is 14.1. The molecule has 0 fully saturated rings. The average Bonchev–Trinajstić information content (AvgIpc) is 2.49. The second-order valence-corrected chi connectivity index (χ2v) is 6.27. The number of para-hydroxylation sites is 1. The first-order valence-corrected chi connectivity index (χ1v) is 7.81.